The molecule has 7 nitrogen and oxygen atoms in total. The number of hydrogen-bond donors (Lipinski definition) is 2. The van der Waals surface area contributed by atoms with Crippen molar-refractivity contribution < 1.29 is 8.42 Å². The number of halogens is 1. The molecular weight excluding hydrogens is 582 g/mol. The smallest absolute Gasteiger partial charge is 0.229 e. The predicted molar refractivity (Wildman–Crippen MR) is 161 cm³/mol. The van der Waals surface area contributed by atoms with Crippen LogP contribution >= 0.6 is 28.1 Å². The largest absolute Gasteiger partial charge is 0.351 e. The van der Waals surface area contributed by atoms with Gasteiger partial charge >= 0.3 is 0 Å². The lowest BCUT2D eigenvalue weighted by Crippen LogP contribution is -2.29. The minimum Gasteiger partial charge on any atom is -0.351 e. The highest BCUT2D eigenvalue weighted by Crippen LogP contribution is 2.44. The van der Waals surface area contributed by atoms with Gasteiger partial charge in [-0.05, 0) is 98.7 Å². The van der Waals surface area contributed by atoms with Gasteiger partial charge < -0.3 is 14.8 Å². The lowest BCUT2D eigenvalue weighted by Gasteiger charge is -2.29. The van der Waals surface area contributed by atoms with E-state index in [4.69, 9.17) is 12.2 Å². The van der Waals surface area contributed by atoms with Crippen molar-refractivity contribution in [1.82, 2.24) is 14.9 Å². The molecule has 38 heavy (non-hydrogen) atoms. The Morgan fingerprint density at radius 2 is 1.79 bits per heavy atom. The summed E-state index contributed by atoms with van der Waals surface area (Å²) in [5.41, 5.74) is 7.52. The van der Waals surface area contributed by atoms with Gasteiger partial charge in [0.05, 0.1) is 29.7 Å². The summed E-state index contributed by atoms with van der Waals surface area (Å²) in [6, 6.07) is 21.6. The number of nitrogens with zero attached hydrogens (tertiary/aromatic N) is 3. The zero-order valence-electron chi connectivity index (χ0n) is 21.4. The number of anilines is 2. The van der Waals surface area contributed by atoms with Crippen LogP contribution in [0.1, 0.15) is 40.3 Å². The van der Waals surface area contributed by atoms with Crippen molar-refractivity contribution in [2.75, 3.05) is 15.9 Å². The van der Waals surface area contributed by atoms with Gasteiger partial charge in [0.2, 0.25) is 10.0 Å². The zero-order chi connectivity index (χ0) is 27.2. The molecule has 2 atom stereocenters. The Labute approximate surface area is 237 Å². The third-order valence-corrected chi connectivity index (χ3v) is 8.14. The van der Waals surface area contributed by atoms with E-state index < -0.39 is 10.0 Å². The molecule has 2 aromatic carbocycles. The van der Waals surface area contributed by atoms with E-state index in [0.717, 1.165) is 50.3 Å². The molecule has 196 valence electrons. The van der Waals surface area contributed by atoms with Crippen LogP contribution in [0.15, 0.2) is 77.4 Å². The van der Waals surface area contributed by atoms with Gasteiger partial charge in [0.25, 0.3) is 0 Å². The van der Waals surface area contributed by atoms with Crippen molar-refractivity contribution >= 4 is 54.7 Å². The molecule has 0 radical (unpaired) electrons. The Morgan fingerprint density at radius 1 is 1.00 bits per heavy atom. The van der Waals surface area contributed by atoms with Crippen LogP contribution in [0.5, 0.6) is 0 Å². The van der Waals surface area contributed by atoms with Crippen molar-refractivity contribution in [3.8, 4) is 5.69 Å². The van der Waals surface area contributed by atoms with Crippen LogP contribution in [0.4, 0.5) is 11.4 Å². The van der Waals surface area contributed by atoms with E-state index in [1.807, 2.05) is 49.4 Å². The monoisotopic (exact) mass is 609 g/mol. The molecule has 2 N–H and O–H groups in total. The summed E-state index contributed by atoms with van der Waals surface area (Å²) in [4.78, 5) is 6.77. The zero-order valence-corrected chi connectivity index (χ0v) is 24.7. The number of sulfonamides is 1. The first-order valence-electron chi connectivity index (χ1n) is 12.1. The number of benzene rings is 2. The number of nitrogens with one attached hydrogen (secondary N) is 2. The van der Waals surface area contributed by atoms with E-state index in [1.54, 1.807) is 12.3 Å². The molecule has 1 saturated heterocycles. The molecule has 1 aliphatic heterocycles. The fraction of sp³-hybridized carbons (Fsp3) is 0.214. The number of rotatable bonds is 6. The van der Waals surface area contributed by atoms with Crippen LogP contribution in [0.25, 0.3) is 5.69 Å². The summed E-state index contributed by atoms with van der Waals surface area (Å²) in [5, 5.41) is 4.10. The summed E-state index contributed by atoms with van der Waals surface area (Å²) in [6.07, 6.45) is 2.94. The first kappa shape index (κ1) is 26.4. The fourth-order valence-electron chi connectivity index (χ4n) is 5.16. The first-order valence-corrected chi connectivity index (χ1v) is 15.2. The average molecular weight is 611 g/mol. The second-order valence-electron chi connectivity index (χ2n) is 9.51. The highest BCUT2D eigenvalue weighted by Gasteiger charge is 2.42. The van der Waals surface area contributed by atoms with E-state index in [2.05, 4.69) is 72.5 Å². The van der Waals surface area contributed by atoms with Gasteiger partial charge in [0.15, 0.2) is 5.11 Å². The maximum Gasteiger partial charge on any atom is 0.229 e. The van der Waals surface area contributed by atoms with Gasteiger partial charge in [0, 0.05) is 33.4 Å². The number of pyridine rings is 1. The van der Waals surface area contributed by atoms with Crippen molar-refractivity contribution in [1.29, 1.82) is 0 Å². The number of aromatic nitrogens is 2. The quantitative estimate of drug-likeness (QED) is 0.257. The van der Waals surface area contributed by atoms with Gasteiger partial charge in [-0.2, -0.15) is 0 Å². The molecule has 2 aromatic heterocycles. The molecule has 0 spiro atoms. The molecule has 1 fully saturated rings. The van der Waals surface area contributed by atoms with E-state index >= 15 is 0 Å². The number of thiocarbonyl (C=S) groups is 1. The minimum absolute atomic E-state index is 0.183. The predicted octanol–water partition coefficient (Wildman–Crippen LogP) is 6.11. The van der Waals surface area contributed by atoms with E-state index in [0.29, 0.717) is 10.8 Å². The third-order valence-electron chi connectivity index (χ3n) is 6.74. The van der Waals surface area contributed by atoms with E-state index in [1.165, 1.54) is 0 Å². The normalized spacial score (nSPS) is 17.5. The summed E-state index contributed by atoms with van der Waals surface area (Å²) >= 11 is 9.50. The molecule has 0 unspecified atom stereocenters. The van der Waals surface area contributed by atoms with Crippen molar-refractivity contribution in [3.63, 3.8) is 0 Å². The number of aryl methyl sites for hydroxylation is 2. The van der Waals surface area contributed by atoms with Crippen LogP contribution in [-0.2, 0) is 10.0 Å². The van der Waals surface area contributed by atoms with Gasteiger partial charge in [-0.1, -0.05) is 28.1 Å². The second-order valence-corrected chi connectivity index (χ2v) is 12.6. The summed E-state index contributed by atoms with van der Waals surface area (Å²) < 4.78 is 29.5. The van der Waals surface area contributed by atoms with E-state index in [-0.39, 0.29) is 12.1 Å². The molecule has 1 aliphatic rings. The molecule has 4 aromatic rings. The fourth-order valence-corrected chi connectivity index (χ4v) is 6.52. The van der Waals surface area contributed by atoms with Crippen molar-refractivity contribution in [2.45, 2.75) is 32.9 Å². The average Bonchev–Trinajstić information content (AvgIpc) is 3.35. The molecule has 5 rings (SSSR count). The molecule has 10 heteroatoms. The molecular formula is C28H28BrN5O2S2. The van der Waals surface area contributed by atoms with Crippen LogP contribution in [0.3, 0.4) is 0 Å². The standard InChI is InChI=1S/C28H28BrN5O2S2/c1-17-14-22(11-12-24(17)32-38(4,35)36)34-27(26(31-28(34)37)25-10-5-6-13-30-25)23-15-18(2)33(19(23)3)21-9-7-8-20(29)16-21/h5-16,26-27,32H,1-4H3,(H,31,37)/t26-,27-/m0/s1. The number of hydrogen-bond acceptors (Lipinski definition) is 4. The molecule has 3 heterocycles. The summed E-state index contributed by atoms with van der Waals surface area (Å²) in [6.45, 7) is 6.12. The van der Waals surface area contributed by atoms with E-state index in [9.17, 15) is 8.42 Å². The molecule has 0 amide bonds. The highest BCUT2D eigenvalue weighted by molar-refractivity contribution is 9.10. The van der Waals surface area contributed by atoms with Crippen molar-refractivity contribution in [2.24, 2.45) is 0 Å². The summed E-state index contributed by atoms with van der Waals surface area (Å²) in [5.74, 6) is 0. The molecule has 0 bridgehead atoms. The van der Waals surface area contributed by atoms with Gasteiger partial charge in [-0.15, -0.1) is 0 Å². The Hall–Kier alpha value is -3.21. The van der Waals surface area contributed by atoms with Gasteiger partial charge in [-0.25, -0.2) is 8.42 Å². The lowest BCUT2D eigenvalue weighted by atomic mass is 9.96. The minimum atomic E-state index is -3.39. The molecule has 0 aliphatic carbocycles. The second kappa shape index (κ2) is 10.2. The summed E-state index contributed by atoms with van der Waals surface area (Å²) in [7, 11) is -3.39. The Bertz CT molecular complexity index is 1640. The first-order chi connectivity index (χ1) is 18.0. The maximum absolute atomic E-state index is 11.8. The Balaban J connectivity index is 1.65. The third kappa shape index (κ3) is 5.08. The Morgan fingerprint density at radius 3 is 2.45 bits per heavy atom. The SMILES string of the molecule is Cc1cc(N2C(=S)N[C@@H](c3ccccn3)[C@@H]2c2cc(C)n(-c3cccc(Br)c3)c2C)ccc1NS(C)(=O)=O. The Kier molecular flexibility index (Phi) is 7.06. The maximum atomic E-state index is 11.8. The van der Waals surface area contributed by atoms with Crippen molar-refractivity contribution in [3.05, 3.63) is 106 Å². The van der Waals surface area contributed by atoms with Crippen LogP contribution in [0.2, 0.25) is 0 Å². The molecule has 0 saturated carbocycles. The topological polar surface area (TPSA) is 79.3 Å². The highest BCUT2D eigenvalue weighted by atomic mass is 79.9. The van der Waals surface area contributed by atoms with Gasteiger partial charge in [-0.3, -0.25) is 9.71 Å². The van der Waals surface area contributed by atoms with Crippen LogP contribution in [0, 0.1) is 20.8 Å². The van der Waals surface area contributed by atoms with Crippen LogP contribution in [-0.4, -0.2) is 29.3 Å². The lowest BCUT2D eigenvalue weighted by molar-refractivity contribution is 0.565. The van der Waals surface area contributed by atoms with Crippen LogP contribution < -0.4 is 14.9 Å². The van der Waals surface area contributed by atoms with Gasteiger partial charge in [0.1, 0.15) is 0 Å².